The van der Waals surface area contributed by atoms with Gasteiger partial charge < -0.3 is 5.32 Å². The molecule has 0 spiro atoms. The second kappa shape index (κ2) is 7.39. The topological polar surface area (TPSA) is 42.0 Å². The van der Waals surface area contributed by atoms with E-state index in [1.54, 1.807) is 12.4 Å². The fourth-order valence-corrected chi connectivity index (χ4v) is 1.78. The molecular weight excluding hydrogens is 268 g/mol. The summed E-state index contributed by atoms with van der Waals surface area (Å²) in [5.74, 6) is -0.0324. The van der Waals surface area contributed by atoms with Crippen molar-refractivity contribution in [2.24, 2.45) is 0 Å². The van der Waals surface area contributed by atoms with Crippen molar-refractivity contribution in [1.29, 1.82) is 0 Å². The molecule has 0 saturated carbocycles. The van der Waals surface area contributed by atoms with E-state index in [1.807, 2.05) is 13.0 Å². The lowest BCUT2D eigenvalue weighted by atomic mass is 10.2. The van der Waals surface area contributed by atoms with Crippen LogP contribution in [-0.2, 0) is 0 Å². The summed E-state index contributed by atoms with van der Waals surface area (Å²) in [6, 6.07) is 1.85. The number of aromatic nitrogens is 1. The van der Waals surface area contributed by atoms with Crippen LogP contribution in [0.3, 0.4) is 0 Å². The van der Waals surface area contributed by atoms with Crippen molar-refractivity contribution >= 4 is 21.8 Å². The van der Waals surface area contributed by atoms with Crippen molar-refractivity contribution in [3.8, 4) is 0 Å². The third-order valence-electron chi connectivity index (χ3n) is 2.23. The molecule has 0 aliphatic carbocycles. The fourth-order valence-electron chi connectivity index (χ4n) is 1.38. The van der Waals surface area contributed by atoms with Gasteiger partial charge in [0.2, 0.25) is 0 Å². The number of nitrogens with one attached hydrogen (secondary N) is 1. The number of aryl methyl sites for hydroxylation is 1. The third-order valence-corrected chi connectivity index (χ3v) is 2.79. The molecule has 0 fully saturated rings. The van der Waals surface area contributed by atoms with E-state index in [0.29, 0.717) is 5.56 Å². The highest BCUT2D eigenvalue weighted by Gasteiger charge is 2.04. The van der Waals surface area contributed by atoms with E-state index < -0.39 is 0 Å². The Morgan fingerprint density at radius 2 is 2.19 bits per heavy atom. The van der Waals surface area contributed by atoms with Crippen molar-refractivity contribution in [3.05, 3.63) is 29.6 Å². The van der Waals surface area contributed by atoms with Crippen molar-refractivity contribution in [1.82, 2.24) is 10.3 Å². The first-order chi connectivity index (χ1) is 7.74. The molecule has 16 heavy (non-hydrogen) atoms. The number of hydrogen-bond acceptors (Lipinski definition) is 2. The van der Waals surface area contributed by atoms with Crippen LogP contribution in [0.4, 0.5) is 0 Å². The molecule has 88 valence electrons. The van der Waals surface area contributed by atoms with Gasteiger partial charge in [0.15, 0.2) is 0 Å². The van der Waals surface area contributed by atoms with Gasteiger partial charge in [0, 0.05) is 24.3 Å². The Balaban J connectivity index is 2.30. The highest BCUT2D eigenvalue weighted by molar-refractivity contribution is 9.09. The fraction of sp³-hybridized carbons (Fsp3) is 0.500. The number of alkyl halides is 1. The zero-order chi connectivity index (χ0) is 11.8. The number of nitrogens with zero attached hydrogens (tertiary/aromatic N) is 1. The summed E-state index contributed by atoms with van der Waals surface area (Å²) in [7, 11) is 0. The zero-order valence-corrected chi connectivity index (χ0v) is 11.1. The Bertz CT molecular complexity index is 342. The predicted molar refractivity (Wildman–Crippen MR) is 69.0 cm³/mol. The summed E-state index contributed by atoms with van der Waals surface area (Å²) in [6.45, 7) is 2.67. The summed E-state index contributed by atoms with van der Waals surface area (Å²) < 4.78 is 0. The van der Waals surface area contributed by atoms with Gasteiger partial charge in [0.25, 0.3) is 5.91 Å². The molecule has 1 aromatic rings. The van der Waals surface area contributed by atoms with Crippen LogP contribution >= 0.6 is 15.9 Å². The smallest absolute Gasteiger partial charge is 0.252 e. The Hall–Kier alpha value is -0.900. The molecule has 0 aliphatic heterocycles. The summed E-state index contributed by atoms with van der Waals surface area (Å²) >= 11 is 3.38. The van der Waals surface area contributed by atoms with E-state index in [2.05, 4.69) is 26.2 Å². The molecule has 0 aliphatic rings. The second-order valence-corrected chi connectivity index (χ2v) is 4.55. The van der Waals surface area contributed by atoms with Crippen LogP contribution in [0.1, 0.15) is 35.2 Å². The van der Waals surface area contributed by atoms with Crippen molar-refractivity contribution < 1.29 is 4.79 Å². The molecule has 0 bridgehead atoms. The maximum absolute atomic E-state index is 11.7. The number of carbonyl (C=O) groups is 1. The number of halogens is 1. The van der Waals surface area contributed by atoms with Gasteiger partial charge in [0.05, 0.1) is 5.56 Å². The predicted octanol–water partition coefficient (Wildman–Crippen LogP) is 2.69. The molecule has 1 N–H and O–H groups in total. The van der Waals surface area contributed by atoms with Crippen LogP contribution in [0.2, 0.25) is 0 Å². The molecule has 3 nitrogen and oxygen atoms in total. The first-order valence-corrected chi connectivity index (χ1v) is 6.62. The minimum Gasteiger partial charge on any atom is -0.352 e. The van der Waals surface area contributed by atoms with Crippen LogP contribution in [0.15, 0.2) is 18.5 Å². The first kappa shape index (κ1) is 13.2. The van der Waals surface area contributed by atoms with Crippen LogP contribution in [0.25, 0.3) is 0 Å². The number of rotatable bonds is 6. The Kier molecular flexibility index (Phi) is 6.08. The highest BCUT2D eigenvalue weighted by atomic mass is 79.9. The second-order valence-electron chi connectivity index (χ2n) is 3.76. The van der Waals surface area contributed by atoms with E-state index in [4.69, 9.17) is 0 Å². The minimum atomic E-state index is -0.0324. The van der Waals surface area contributed by atoms with Gasteiger partial charge in [-0.2, -0.15) is 0 Å². The summed E-state index contributed by atoms with van der Waals surface area (Å²) in [5, 5.41) is 3.92. The normalized spacial score (nSPS) is 10.1. The average molecular weight is 285 g/mol. The first-order valence-electron chi connectivity index (χ1n) is 5.50. The molecule has 0 unspecified atom stereocenters. The van der Waals surface area contributed by atoms with Crippen LogP contribution in [0.5, 0.6) is 0 Å². The van der Waals surface area contributed by atoms with E-state index in [1.165, 1.54) is 0 Å². The number of unbranched alkanes of at least 4 members (excludes halogenated alkanes) is 2. The van der Waals surface area contributed by atoms with Gasteiger partial charge >= 0.3 is 0 Å². The molecule has 1 heterocycles. The maximum atomic E-state index is 11.7. The molecule has 4 heteroatoms. The highest BCUT2D eigenvalue weighted by Crippen LogP contribution is 2.01. The monoisotopic (exact) mass is 284 g/mol. The number of pyridine rings is 1. The third kappa shape index (κ3) is 4.75. The molecule has 0 saturated heterocycles. The Morgan fingerprint density at radius 3 is 2.88 bits per heavy atom. The molecule has 0 radical (unpaired) electrons. The van der Waals surface area contributed by atoms with Crippen molar-refractivity contribution in [3.63, 3.8) is 0 Å². The summed E-state index contributed by atoms with van der Waals surface area (Å²) in [5.41, 5.74) is 1.65. The van der Waals surface area contributed by atoms with Gasteiger partial charge in [-0.05, 0) is 31.4 Å². The van der Waals surface area contributed by atoms with E-state index >= 15 is 0 Å². The lowest BCUT2D eigenvalue weighted by Crippen LogP contribution is -2.24. The van der Waals surface area contributed by atoms with E-state index in [-0.39, 0.29) is 5.91 Å². The number of amides is 1. The summed E-state index contributed by atoms with van der Waals surface area (Å²) in [6.07, 6.45) is 6.66. The maximum Gasteiger partial charge on any atom is 0.252 e. The molecular formula is C12H17BrN2O. The standard InChI is InChI=1S/C12H17BrN2O/c1-10-7-11(9-14-8-10)12(16)15-6-4-2-3-5-13/h7-9H,2-6H2,1H3,(H,15,16). The van der Waals surface area contributed by atoms with Gasteiger partial charge in [-0.15, -0.1) is 0 Å². The number of carbonyl (C=O) groups excluding carboxylic acids is 1. The van der Waals surface area contributed by atoms with E-state index in [0.717, 1.165) is 36.7 Å². The van der Waals surface area contributed by atoms with Gasteiger partial charge in [-0.3, -0.25) is 9.78 Å². The van der Waals surface area contributed by atoms with Crippen LogP contribution in [0, 0.1) is 6.92 Å². The zero-order valence-electron chi connectivity index (χ0n) is 9.50. The Morgan fingerprint density at radius 1 is 1.38 bits per heavy atom. The average Bonchev–Trinajstić information content (AvgIpc) is 2.28. The Labute approximate surface area is 105 Å². The molecule has 1 rings (SSSR count). The quantitative estimate of drug-likeness (QED) is 0.645. The molecule has 0 atom stereocenters. The minimum absolute atomic E-state index is 0.0324. The molecule has 1 aromatic heterocycles. The SMILES string of the molecule is Cc1cncc(C(=O)NCCCCCBr)c1. The van der Waals surface area contributed by atoms with Crippen molar-refractivity contribution in [2.45, 2.75) is 26.2 Å². The van der Waals surface area contributed by atoms with Gasteiger partial charge in [-0.1, -0.05) is 22.4 Å². The van der Waals surface area contributed by atoms with Crippen LogP contribution in [-0.4, -0.2) is 22.8 Å². The molecule has 1 amide bonds. The van der Waals surface area contributed by atoms with Gasteiger partial charge in [-0.25, -0.2) is 0 Å². The lowest BCUT2D eigenvalue weighted by molar-refractivity contribution is 0.0952. The molecule has 0 aromatic carbocycles. The lowest BCUT2D eigenvalue weighted by Gasteiger charge is -2.04. The van der Waals surface area contributed by atoms with Crippen LogP contribution < -0.4 is 5.32 Å². The van der Waals surface area contributed by atoms with Gasteiger partial charge in [0.1, 0.15) is 0 Å². The number of hydrogen-bond donors (Lipinski definition) is 1. The van der Waals surface area contributed by atoms with Crippen molar-refractivity contribution in [2.75, 3.05) is 11.9 Å². The largest absolute Gasteiger partial charge is 0.352 e. The van der Waals surface area contributed by atoms with E-state index in [9.17, 15) is 4.79 Å². The summed E-state index contributed by atoms with van der Waals surface area (Å²) in [4.78, 5) is 15.7.